The highest BCUT2D eigenvalue weighted by atomic mass is 79.9. The Kier molecular flexibility index (Phi) is 3.86. The summed E-state index contributed by atoms with van der Waals surface area (Å²) in [5.74, 6) is 4.32. The Morgan fingerprint density at radius 2 is 2.00 bits per heavy atom. The number of halogens is 1. The standard InChI is InChI=1S/C18H26BrNO/c1-10-16-15(11(2)18(16,3)4)17(10)20-9-12-8-13(19)6-7-14(12)21-5/h6-8,10-11,15-17,20H,9H2,1-5H3/t10-,11+,15?,16+,17+/m1/s1. The zero-order valence-electron chi connectivity index (χ0n) is 13.6. The fourth-order valence-corrected chi connectivity index (χ4v) is 5.32. The minimum absolute atomic E-state index is 0.524. The summed E-state index contributed by atoms with van der Waals surface area (Å²) in [6, 6.07) is 6.87. The van der Waals surface area contributed by atoms with Gasteiger partial charge in [-0.25, -0.2) is 0 Å². The van der Waals surface area contributed by atoms with Crippen molar-refractivity contribution in [3.05, 3.63) is 28.2 Å². The normalized spacial score (nSPS) is 36.4. The number of nitrogens with one attached hydrogen (secondary N) is 1. The number of hydrogen-bond acceptors (Lipinski definition) is 2. The Hall–Kier alpha value is -0.540. The highest BCUT2D eigenvalue weighted by Crippen LogP contribution is 2.67. The van der Waals surface area contributed by atoms with Gasteiger partial charge in [0.05, 0.1) is 7.11 Å². The molecule has 0 saturated heterocycles. The topological polar surface area (TPSA) is 21.3 Å². The molecule has 0 heterocycles. The average Bonchev–Trinajstić information content (AvgIpc) is 2.43. The summed E-state index contributed by atoms with van der Waals surface area (Å²) in [6.45, 7) is 10.6. The average molecular weight is 352 g/mol. The number of benzene rings is 1. The molecule has 0 spiro atoms. The molecule has 2 aliphatic rings. The molecule has 2 aliphatic carbocycles. The van der Waals surface area contributed by atoms with Crippen molar-refractivity contribution in [2.75, 3.05) is 7.11 Å². The molecule has 0 aromatic heterocycles. The first kappa shape index (κ1) is 15.4. The van der Waals surface area contributed by atoms with Crippen LogP contribution >= 0.6 is 15.9 Å². The van der Waals surface area contributed by atoms with E-state index in [0.29, 0.717) is 11.5 Å². The van der Waals surface area contributed by atoms with Gasteiger partial charge in [-0.2, -0.15) is 0 Å². The van der Waals surface area contributed by atoms with Gasteiger partial charge in [0.2, 0.25) is 0 Å². The van der Waals surface area contributed by atoms with Crippen molar-refractivity contribution >= 4 is 15.9 Å². The van der Waals surface area contributed by atoms with Gasteiger partial charge >= 0.3 is 0 Å². The first-order valence-electron chi connectivity index (χ1n) is 7.93. The van der Waals surface area contributed by atoms with Crippen LogP contribution in [0.3, 0.4) is 0 Å². The second-order valence-electron chi connectivity index (χ2n) is 7.44. The lowest BCUT2D eigenvalue weighted by atomic mass is 9.35. The van der Waals surface area contributed by atoms with Crippen molar-refractivity contribution in [3.8, 4) is 5.75 Å². The Balaban J connectivity index is 1.66. The summed E-state index contributed by atoms with van der Waals surface area (Å²) in [4.78, 5) is 0. The quantitative estimate of drug-likeness (QED) is 0.863. The van der Waals surface area contributed by atoms with Gasteiger partial charge in [0.1, 0.15) is 5.75 Å². The Morgan fingerprint density at radius 3 is 2.67 bits per heavy atom. The molecular formula is C18H26BrNO. The van der Waals surface area contributed by atoms with E-state index in [9.17, 15) is 0 Å². The lowest BCUT2D eigenvalue weighted by Gasteiger charge is -2.71. The fraction of sp³-hybridized carbons (Fsp3) is 0.667. The van der Waals surface area contributed by atoms with Crippen LogP contribution in [0.4, 0.5) is 0 Å². The molecule has 1 aromatic rings. The summed E-state index contributed by atoms with van der Waals surface area (Å²) in [7, 11) is 1.74. The van der Waals surface area contributed by atoms with Gasteiger partial charge < -0.3 is 10.1 Å². The number of methoxy groups -OCH3 is 1. The number of fused-ring (bicyclic) bond motifs is 1. The highest BCUT2D eigenvalue weighted by Gasteiger charge is 2.66. The van der Waals surface area contributed by atoms with E-state index in [0.717, 1.165) is 40.4 Å². The van der Waals surface area contributed by atoms with Gasteiger partial charge in [-0.05, 0) is 47.3 Å². The second-order valence-corrected chi connectivity index (χ2v) is 8.35. The monoisotopic (exact) mass is 351 g/mol. The maximum Gasteiger partial charge on any atom is 0.123 e. The number of rotatable bonds is 4. The minimum Gasteiger partial charge on any atom is -0.496 e. The summed E-state index contributed by atoms with van der Waals surface area (Å²) in [5.41, 5.74) is 1.75. The lowest BCUT2D eigenvalue weighted by molar-refractivity contribution is -0.218. The van der Waals surface area contributed by atoms with Crippen molar-refractivity contribution in [3.63, 3.8) is 0 Å². The van der Waals surface area contributed by atoms with Gasteiger partial charge in [-0.3, -0.25) is 0 Å². The van der Waals surface area contributed by atoms with E-state index >= 15 is 0 Å². The van der Waals surface area contributed by atoms with E-state index in [2.05, 4.69) is 55.0 Å². The molecule has 2 saturated carbocycles. The predicted molar refractivity (Wildman–Crippen MR) is 90.4 cm³/mol. The molecule has 2 nitrogen and oxygen atoms in total. The van der Waals surface area contributed by atoms with Crippen LogP contribution in [0.5, 0.6) is 5.75 Å². The van der Waals surface area contributed by atoms with E-state index in [1.807, 2.05) is 12.1 Å². The third-order valence-electron chi connectivity index (χ3n) is 6.34. The van der Waals surface area contributed by atoms with Gasteiger partial charge in [0, 0.05) is 22.6 Å². The fourth-order valence-electron chi connectivity index (χ4n) is 4.91. The molecule has 0 radical (unpaired) electrons. The number of ether oxygens (including phenoxy) is 1. The van der Waals surface area contributed by atoms with Crippen LogP contribution in [0, 0.1) is 29.1 Å². The molecule has 0 amide bonds. The SMILES string of the molecule is COc1ccc(Br)cc1CN[C@@H]1C2[C@H]([C@H]1C)C(C)(C)[C@H]2C. The molecule has 5 atom stereocenters. The van der Waals surface area contributed by atoms with Crippen LogP contribution in [0.15, 0.2) is 22.7 Å². The van der Waals surface area contributed by atoms with Crippen molar-refractivity contribution in [1.29, 1.82) is 0 Å². The largest absolute Gasteiger partial charge is 0.496 e. The molecule has 1 unspecified atom stereocenters. The molecule has 3 heteroatoms. The zero-order valence-corrected chi connectivity index (χ0v) is 15.2. The molecule has 0 bridgehead atoms. The highest BCUT2D eigenvalue weighted by molar-refractivity contribution is 9.10. The first-order chi connectivity index (χ1) is 9.87. The Bertz CT molecular complexity index is 542. The van der Waals surface area contributed by atoms with Crippen LogP contribution in [0.1, 0.15) is 33.3 Å². The maximum absolute atomic E-state index is 5.47. The van der Waals surface area contributed by atoms with E-state index in [1.54, 1.807) is 7.11 Å². The smallest absolute Gasteiger partial charge is 0.123 e. The second kappa shape index (κ2) is 5.27. The van der Waals surface area contributed by atoms with Crippen molar-refractivity contribution in [2.24, 2.45) is 29.1 Å². The summed E-state index contributed by atoms with van der Waals surface area (Å²) >= 11 is 3.55. The van der Waals surface area contributed by atoms with Crippen LogP contribution in [-0.4, -0.2) is 13.2 Å². The lowest BCUT2D eigenvalue weighted by Crippen LogP contribution is -2.73. The molecule has 116 valence electrons. The van der Waals surface area contributed by atoms with Crippen molar-refractivity contribution in [2.45, 2.75) is 40.3 Å². The first-order valence-corrected chi connectivity index (χ1v) is 8.73. The molecule has 0 aliphatic heterocycles. The molecule has 1 aromatic carbocycles. The third-order valence-corrected chi connectivity index (χ3v) is 6.84. The van der Waals surface area contributed by atoms with E-state index in [4.69, 9.17) is 4.74 Å². The van der Waals surface area contributed by atoms with Crippen molar-refractivity contribution in [1.82, 2.24) is 5.32 Å². The van der Waals surface area contributed by atoms with E-state index in [1.165, 1.54) is 5.56 Å². The summed E-state index contributed by atoms with van der Waals surface area (Å²) in [6.07, 6.45) is 0. The van der Waals surface area contributed by atoms with Crippen LogP contribution in [0.25, 0.3) is 0 Å². The molecular weight excluding hydrogens is 326 g/mol. The van der Waals surface area contributed by atoms with Gasteiger partial charge in [0.25, 0.3) is 0 Å². The Labute approximate surface area is 136 Å². The molecule has 1 N–H and O–H groups in total. The van der Waals surface area contributed by atoms with Gasteiger partial charge in [-0.1, -0.05) is 43.6 Å². The molecule has 3 rings (SSSR count). The summed E-state index contributed by atoms with van der Waals surface area (Å²) < 4.78 is 6.58. The van der Waals surface area contributed by atoms with Gasteiger partial charge in [0.15, 0.2) is 0 Å². The molecule has 21 heavy (non-hydrogen) atoms. The predicted octanol–water partition coefficient (Wildman–Crippen LogP) is 4.47. The molecule has 2 fully saturated rings. The zero-order chi connectivity index (χ0) is 15.4. The van der Waals surface area contributed by atoms with Gasteiger partial charge in [-0.15, -0.1) is 0 Å². The Morgan fingerprint density at radius 1 is 1.29 bits per heavy atom. The minimum atomic E-state index is 0.524. The van der Waals surface area contributed by atoms with Crippen LogP contribution in [0.2, 0.25) is 0 Å². The van der Waals surface area contributed by atoms with Crippen LogP contribution < -0.4 is 10.1 Å². The van der Waals surface area contributed by atoms with E-state index in [-0.39, 0.29) is 0 Å². The summed E-state index contributed by atoms with van der Waals surface area (Å²) in [5, 5.41) is 3.79. The third kappa shape index (κ3) is 2.24. The van der Waals surface area contributed by atoms with E-state index < -0.39 is 0 Å². The number of hydrogen-bond donors (Lipinski definition) is 1. The maximum atomic E-state index is 5.47. The van der Waals surface area contributed by atoms with Crippen molar-refractivity contribution < 1.29 is 4.74 Å². The van der Waals surface area contributed by atoms with Crippen LogP contribution in [-0.2, 0) is 6.54 Å².